The van der Waals surface area contributed by atoms with Gasteiger partial charge in [0.2, 0.25) is 0 Å². The molecule has 0 aliphatic heterocycles. The lowest BCUT2D eigenvalue weighted by Gasteiger charge is -2.34. The summed E-state index contributed by atoms with van der Waals surface area (Å²) in [4.78, 5) is 10.9. The van der Waals surface area contributed by atoms with Gasteiger partial charge in [-0.2, -0.15) is 0 Å². The van der Waals surface area contributed by atoms with Crippen molar-refractivity contribution in [1.82, 2.24) is 9.97 Å². The monoisotopic (exact) mass is 247 g/mol. The van der Waals surface area contributed by atoms with E-state index in [1.165, 1.54) is 32.1 Å². The normalized spacial score (nSPS) is 16.5. The Morgan fingerprint density at radius 1 is 1.33 bits per heavy atom. The molecule has 0 atom stereocenters. The topological polar surface area (TPSA) is 78.9 Å². The van der Waals surface area contributed by atoms with Crippen LogP contribution >= 0.6 is 0 Å². The smallest absolute Gasteiger partial charge is 0.147 e. The number of amidine groups is 1. The number of nitrogen functional groups attached to an aromatic ring is 1. The van der Waals surface area contributed by atoms with E-state index in [0.717, 1.165) is 12.4 Å². The summed E-state index contributed by atoms with van der Waals surface area (Å²) < 4.78 is 0. The van der Waals surface area contributed by atoms with Crippen molar-refractivity contribution < 1.29 is 0 Å². The third-order valence-corrected chi connectivity index (χ3v) is 3.56. The molecule has 1 aliphatic rings. The average molecular weight is 247 g/mol. The molecule has 1 aromatic rings. The molecule has 5 heteroatoms. The third-order valence-electron chi connectivity index (χ3n) is 3.56. The maximum atomic E-state index is 7.32. The van der Waals surface area contributed by atoms with Crippen LogP contribution in [0.4, 0.5) is 5.82 Å². The molecule has 0 aromatic carbocycles. The minimum Gasteiger partial charge on any atom is -0.382 e. The van der Waals surface area contributed by atoms with Gasteiger partial charge >= 0.3 is 0 Å². The highest BCUT2D eigenvalue weighted by molar-refractivity contribution is 5.92. The van der Waals surface area contributed by atoms with E-state index < -0.39 is 0 Å². The van der Waals surface area contributed by atoms with Crippen LogP contribution in [0, 0.1) is 5.41 Å². The largest absolute Gasteiger partial charge is 0.382 e. The fourth-order valence-corrected chi connectivity index (χ4v) is 2.61. The maximum absolute atomic E-state index is 7.32. The molecule has 1 heterocycles. The van der Waals surface area contributed by atoms with Crippen LogP contribution in [-0.4, -0.2) is 28.4 Å². The van der Waals surface area contributed by atoms with Crippen LogP contribution in [0.3, 0.4) is 0 Å². The molecule has 2 rings (SSSR count). The Morgan fingerprint density at radius 3 is 2.56 bits per heavy atom. The van der Waals surface area contributed by atoms with Crippen molar-refractivity contribution in [2.75, 3.05) is 11.4 Å². The predicted molar refractivity (Wildman–Crippen MR) is 72.9 cm³/mol. The van der Waals surface area contributed by atoms with Gasteiger partial charge in [-0.05, 0) is 19.8 Å². The van der Waals surface area contributed by atoms with E-state index in [4.69, 9.17) is 11.1 Å². The molecule has 0 spiro atoms. The molecule has 1 aliphatic carbocycles. The van der Waals surface area contributed by atoms with Crippen LogP contribution in [0.15, 0.2) is 12.4 Å². The van der Waals surface area contributed by atoms with Gasteiger partial charge < -0.3 is 10.6 Å². The number of nitrogens with two attached hydrogens (primary N) is 1. The van der Waals surface area contributed by atoms with Gasteiger partial charge in [0.25, 0.3) is 0 Å². The zero-order valence-electron chi connectivity index (χ0n) is 10.9. The van der Waals surface area contributed by atoms with E-state index in [0.29, 0.717) is 11.7 Å². The number of hydrogen-bond donors (Lipinski definition) is 2. The van der Waals surface area contributed by atoms with Gasteiger partial charge in [0, 0.05) is 12.6 Å². The summed E-state index contributed by atoms with van der Waals surface area (Å²) >= 11 is 0. The van der Waals surface area contributed by atoms with Crippen LogP contribution in [0.5, 0.6) is 0 Å². The van der Waals surface area contributed by atoms with Crippen LogP contribution in [0.1, 0.15) is 44.7 Å². The fourth-order valence-electron chi connectivity index (χ4n) is 2.61. The van der Waals surface area contributed by atoms with Gasteiger partial charge in [-0.1, -0.05) is 19.3 Å². The summed E-state index contributed by atoms with van der Waals surface area (Å²) in [7, 11) is 0. The fraction of sp³-hybridized carbons (Fsp3) is 0.615. The minimum absolute atomic E-state index is 0.0326. The van der Waals surface area contributed by atoms with E-state index in [9.17, 15) is 0 Å². The maximum Gasteiger partial charge on any atom is 0.147 e. The Hall–Kier alpha value is -1.65. The molecule has 0 radical (unpaired) electrons. The van der Waals surface area contributed by atoms with Crippen LogP contribution in [0.2, 0.25) is 0 Å². The predicted octanol–water partition coefficient (Wildman–Crippen LogP) is 1.92. The van der Waals surface area contributed by atoms with E-state index in [-0.39, 0.29) is 5.84 Å². The van der Waals surface area contributed by atoms with E-state index in [2.05, 4.69) is 21.8 Å². The molecule has 5 nitrogen and oxygen atoms in total. The second-order valence-corrected chi connectivity index (χ2v) is 4.75. The molecule has 3 N–H and O–H groups in total. The summed E-state index contributed by atoms with van der Waals surface area (Å²) in [6.45, 7) is 3.09. The Balaban J connectivity index is 2.13. The first-order valence-corrected chi connectivity index (χ1v) is 6.65. The highest BCUT2D eigenvalue weighted by Crippen LogP contribution is 2.25. The standard InChI is InChI=1S/C13H21N5/c1-2-18(10-6-4-3-5-7-10)12-9-16-11(8-17-12)13(14)15/h8-10H,2-7H2,1H3,(H3,14,15). The summed E-state index contributed by atoms with van der Waals surface area (Å²) in [5.41, 5.74) is 5.83. The lowest BCUT2D eigenvalue weighted by atomic mass is 9.94. The van der Waals surface area contributed by atoms with Gasteiger partial charge in [0.15, 0.2) is 0 Å². The van der Waals surface area contributed by atoms with Crippen molar-refractivity contribution in [3.63, 3.8) is 0 Å². The molecule has 0 saturated heterocycles. The lowest BCUT2D eigenvalue weighted by molar-refractivity contribution is 0.416. The first kappa shape index (κ1) is 12.8. The molecule has 0 unspecified atom stereocenters. The highest BCUT2D eigenvalue weighted by Gasteiger charge is 2.21. The van der Waals surface area contributed by atoms with Crippen molar-refractivity contribution >= 4 is 11.7 Å². The Labute approximate surface area is 108 Å². The lowest BCUT2D eigenvalue weighted by Crippen LogP contribution is -2.37. The van der Waals surface area contributed by atoms with Crippen molar-refractivity contribution in [2.24, 2.45) is 5.73 Å². The summed E-state index contributed by atoms with van der Waals surface area (Å²) in [5.74, 6) is 0.865. The number of aromatic nitrogens is 2. The Bertz CT molecular complexity index is 394. The van der Waals surface area contributed by atoms with Crippen LogP contribution in [0.25, 0.3) is 0 Å². The molecule has 1 fully saturated rings. The van der Waals surface area contributed by atoms with Gasteiger partial charge in [-0.3, -0.25) is 5.41 Å². The quantitative estimate of drug-likeness (QED) is 0.629. The summed E-state index contributed by atoms with van der Waals surface area (Å²) in [6.07, 6.45) is 9.76. The van der Waals surface area contributed by atoms with Crippen molar-refractivity contribution in [3.05, 3.63) is 18.1 Å². The van der Waals surface area contributed by atoms with Crippen molar-refractivity contribution in [3.8, 4) is 0 Å². The van der Waals surface area contributed by atoms with Crippen LogP contribution < -0.4 is 10.6 Å². The molecule has 18 heavy (non-hydrogen) atoms. The number of rotatable bonds is 4. The van der Waals surface area contributed by atoms with Gasteiger partial charge in [0.1, 0.15) is 17.3 Å². The third kappa shape index (κ3) is 2.78. The Morgan fingerprint density at radius 2 is 2.06 bits per heavy atom. The number of nitrogens with one attached hydrogen (secondary N) is 1. The summed E-state index contributed by atoms with van der Waals surface area (Å²) in [6, 6.07) is 0.584. The zero-order chi connectivity index (χ0) is 13.0. The molecule has 0 bridgehead atoms. The second-order valence-electron chi connectivity index (χ2n) is 4.75. The van der Waals surface area contributed by atoms with E-state index in [1.54, 1.807) is 12.4 Å². The minimum atomic E-state index is -0.0326. The zero-order valence-corrected chi connectivity index (χ0v) is 10.9. The SMILES string of the molecule is CCN(c1cnc(C(=N)N)cn1)C1CCCCC1. The molecule has 0 amide bonds. The van der Waals surface area contributed by atoms with Crippen LogP contribution in [-0.2, 0) is 0 Å². The summed E-state index contributed by atoms with van der Waals surface area (Å²) in [5, 5.41) is 7.32. The van der Waals surface area contributed by atoms with E-state index >= 15 is 0 Å². The second kappa shape index (κ2) is 5.80. The number of nitrogens with zero attached hydrogens (tertiary/aromatic N) is 3. The van der Waals surface area contributed by atoms with E-state index in [1.807, 2.05) is 0 Å². The number of anilines is 1. The van der Waals surface area contributed by atoms with Gasteiger partial charge in [-0.25, -0.2) is 9.97 Å². The molecule has 1 aromatic heterocycles. The van der Waals surface area contributed by atoms with Gasteiger partial charge in [0.05, 0.1) is 12.4 Å². The number of hydrogen-bond acceptors (Lipinski definition) is 4. The molecule has 1 saturated carbocycles. The first-order chi connectivity index (χ1) is 8.72. The molecular formula is C13H21N5. The van der Waals surface area contributed by atoms with Crippen molar-refractivity contribution in [2.45, 2.75) is 45.1 Å². The highest BCUT2D eigenvalue weighted by atomic mass is 15.2. The molecule has 98 valence electrons. The molecular weight excluding hydrogens is 226 g/mol. The van der Waals surface area contributed by atoms with Crippen molar-refractivity contribution in [1.29, 1.82) is 5.41 Å². The average Bonchev–Trinajstić information content (AvgIpc) is 2.41. The van der Waals surface area contributed by atoms with Gasteiger partial charge in [-0.15, -0.1) is 0 Å². The Kier molecular flexibility index (Phi) is 4.12. The first-order valence-electron chi connectivity index (χ1n) is 6.65.